The van der Waals surface area contributed by atoms with Crippen molar-refractivity contribution in [1.29, 1.82) is 0 Å². The molecule has 20 heavy (non-hydrogen) atoms. The fourth-order valence-electron chi connectivity index (χ4n) is 2.02. The minimum Gasteiger partial charge on any atom is -0.399 e. The first-order valence-corrected chi connectivity index (χ1v) is 6.12. The predicted molar refractivity (Wildman–Crippen MR) is 77.9 cm³/mol. The molecule has 4 N–H and O–H groups in total. The topological polar surface area (TPSA) is 72.3 Å². The van der Waals surface area contributed by atoms with Gasteiger partial charge in [-0.25, -0.2) is 4.39 Å². The van der Waals surface area contributed by atoms with Crippen molar-refractivity contribution in [2.45, 2.75) is 6.54 Å². The van der Waals surface area contributed by atoms with E-state index in [0.29, 0.717) is 17.9 Å². The summed E-state index contributed by atoms with van der Waals surface area (Å²) in [5, 5.41) is 0. The highest BCUT2D eigenvalue weighted by Crippen LogP contribution is 2.22. The normalized spacial score (nSPS) is 10.3. The minimum absolute atomic E-state index is 0.169. The summed E-state index contributed by atoms with van der Waals surface area (Å²) in [5.74, 6) is -1.13. The van der Waals surface area contributed by atoms with Gasteiger partial charge in [-0.2, -0.15) is 0 Å². The van der Waals surface area contributed by atoms with Crippen molar-refractivity contribution in [1.82, 2.24) is 0 Å². The molecule has 0 aliphatic rings. The number of nitrogen functional groups attached to an aromatic ring is 1. The molecule has 0 aliphatic heterocycles. The standard InChI is InChI=1S/C15H16FN3O/c1-19(9-10-2-5-12(17)6-3-10)14-7-4-11(16)8-13(14)15(18)20/h2-8H,9,17H2,1H3,(H2,18,20). The molecule has 0 fully saturated rings. The SMILES string of the molecule is CN(Cc1ccc(N)cc1)c1ccc(F)cc1C(N)=O. The van der Waals surface area contributed by atoms with Crippen LogP contribution in [0.4, 0.5) is 15.8 Å². The summed E-state index contributed by atoms with van der Waals surface area (Å²) < 4.78 is 13.2. The van der Waals surface area contributed by atoms with Gasteiger partial charge in [0.05, 0.1) is 5.56 Å². The Labute approximate surface area is 116 Å². The molecule has 2 rings (SSSR count). The molecule has 1 amide bonds. The van der Waals surface area contributed by atoms with Crippen LogP contribution in [-0.4, -0.2) is 13.0 Å². The van der Waals surface area contributed by atoms with Gasteiger partial charge in [-0.05, 0) is 35.9 Å². The number of hydrogen-bond acceptors (Lipinski definition) is 3. The van der Waals surface area contributed by atoms with E-state index in [1.54, 1.807) is 6.07 Å². The molecule has 5 heteroatoms. The van der Waals surface area contributed by atoms with Gasteiger partial charge in [-0.1, -0.05) is 12.1 Å². The predicted octanol–water partition coefficient (Wildman–Crippen LogP) is 2.14. The van der Waals surface area contributed by atoms with Crippen molar-refractivity contribution in [2.24, 2.45) is 5.73 Å². The highest BCUT2D eigenvalue weighted by atomic mass is 19.1. The molecule has 0 aromatic heterocycles. The van der Waals surface area contributed by atoms with E-state index in [-0.39, 0.29) is 5.56 Å². The minimum atomic E-state index is -0.649. The quantitative estimate of drug-likeness (QED) is 0.838. The number of rotatable bonds is 4. The van der Waals surface area contributed by atoms with Gasteiger partial charge in [-0.15, -0.1) is 0 Å². The molecular weight excluding hydrogens is 257 g/mol. The number of carbonyl (C=O) groups is 1. The fourth-order valence-corrected chi connectivity index (χ4v) is 2.02. The Kier molecular flexibility index (Phi) is 3.89. The summed E-state index contributed by atoms with van der Waals surface area (Å²) in [6.45, 7) is 0.562. The van der Waals surface area contributed by atoms with Gasteiger partial charge in [0.15, 0.2) is 0 Å². The zero-order chi connectivity index (χ0) is 14.7. The first-order valence-electron chi connectivity index (χ1n) is 6.12. The number of benzene rings is 2. The van der Waals surface area contributed by atoms with Gasteiger partial charge in [0.1, 0.15) is 5.82 Å². The lowest BCUT2D eigenvalue weighted by molar-refractivity contribution is 0.100. The lowest BCUT2D eigenvalue weighted by Crippen LogP contribution is -2.22. The van der Waals surface area contributed by atoms with Gasteiger partial charge in [0, 0.05) is 25.0 Å². The monoisotopic (exact) mass is 273 g/mol. The molecule has 0 spiro atoms. The Morgan fingerprint density at radius 1 is 1.20 bits per heavy atom. The van der Waals surface area contributed by atoms with Crippen LogP contribution >= 0.6 is 0 Å². The number of halogens is 1. The van der Waals surface area contributed by atoms with E-state index in [1.807, 2.05) is 36.2 Å². The summed E-state index contributed by atoms with van der Waals surface area (Å²) in [6, 6.07) is 11.4. The van der Waals surface area contributed by atoms with Crippen LogP contribution in [0.2, 0.25) is 0 Å². The third-order valence-corrected chi connectivity index (χ3v) is 3.03. The van der Waals surface area contributed by atoms with Crippen LogP contribution < -0.4 is 16.4 Å². The molecule has 4 nitrogen and oxygen atoms in total. The Bertz CT molecular complexity index is 626. The molecular formula is C15H16FN3O. The Balaban J connectivity index is 2.27. The smallest absolute Gasteiger partial charge is 0.250 e. The number of hydrogen-bond donors (Lipinski definition) is 2. The number of nitrogens with two attached hydrogens (primary N) is 2. The molecule has 0 atom stereocenters. The molecule has 0 saturated heterocycles. The van der Waals surface area contributed by atoms with E-state index in [9.17, 15) is 9.18 Å². The molecule has 0 bridgehead atoms. The van der Waals surface area contributed by atoms with Crippen molar-refractivity contribution < 1.29 is 9.18 Å². The van der Waals surface area contributed by atoms with Crippen LogP contribution in [0.1, 0.15) is 15.9 Å². The fraction of sp³-hybridized carbons (Fsp3) is 0.133. The van der Waals surface area contributed by atoms with Gasteiger partial charge in [0.25, 0.3) is 5.91 Å². The van der Waals surface area contributed by atoms with E-state index in [2.05, 4.69) is 0 Å². The third-order valence-electron chi connectivity index (χ3n) is 3.03. The average molecular weight is 273 g/mol. The van der Waals surface area contributed by atoms with Gasteiger partial charge in [-0.3, -0.25) is 4.79 Å². The van der Waals surface area contributed by atoms with Crippen molar-refractivity contribution >= 4 is 17.3 Å². The molecule has 2 aromatic rings. The zero-order valence-corrected chi connectivity index (χ0v) is 11.1. The highest BCUT2D eigenvalue weighted by Gasteiger charge is 2.13. The number of carbonyl (C=O) groups excluding carboxylic acids is 1. The number of primary amides is 1. The van der Waals surface area contributed by atoms with E-state index in [0.717, 1.165) is 11.6 Å². The molecule has 0 saturated carbocycles. The maximum Gasteiger partial charge on any atom is 0.250 e. The summed E-state index contributed by atoms with van der Waals surface area (Å²) >= 11 is 0. The second-order valence-corrected chi connectivity index (χ2v) is 4.62. The molecule has 0 heterocycles. The van der Waals surface area contributed by atoms with Crippen LogP contribution in [0.5, 0.6) is 0 Å². The van der Waals surface area contributed by atoms with Gasteiger partial charge in [0.2, 0.25) is 0 Å². The Morgan fingerprint density at radius 2 is 1.85 bits per heavy atom. The van der Waals surface area contributed by atoms with E-state index < -0.39 is 11.7 Å². The van der Waals surface area contributed by atoms with Gasteiger partial charge < -0.3 is 16.4 Å². The van der Waals surface area contributed by atoms with Crippen LogP contribution in [0.25, 0.3) is 0 Å². The van der Waals surface area contributed by atoms with Crippen molar-refractivity contribution in [3.05, 3.63) is 59.4 Å². The largest absolute Gasteiger partial charge is 0.399 e. The second-order valence-electron chi connectivity index (χ2n) is 4.62. The lowest BCUT2D eigenvalue weighted by Gasteiger charge is -2.21. The second kappa shape index (κ2) is 5.61. The van der Waals surface area contributed by atoms with Crippen molar-refractivity contribution in [2.75, 3.05) is 17.7 Å². The summed E-state index contributed by atoms with van der Waals surface area (Å²) in [4.78, 5) is 13.2. The molecule has 2 aromatic carbocycles. The Hall–Kier alpha value is -2.56. The van der Waals surface area contributed by atoms with E-state index >= 15 is 0 Å². The molecule has 0 radical (unpaired) electrons. The van der Waals surface area contributed by atoms with Crippen LogP contribution in [0, 0.1) is 5.82 Å². The van der Waals surface area contributed by atoms with Crippen LogP contribution in [0.3, 0.4) is 0 Å². The summed E-state index contributed by atoms with van der Waals surface area (Å²) in [5.41, 5.74) is 13.4. The first kappa shape index (κ1) is 13.9. The number of nitrogens with zero attached hydrogens (tertiary/aromatic N) is 1. The number of anilines is 2. The van der Waals surface area contributed by atoms with E-state index in [4.69, 9.17) is 11.5 Å². The maximum atomic E-state index is 13.2. The maximum absolute atomic E-state index is 13.2. The highest BCUT2D eigenvalue weighted by molar-refractivity contribution is 5.98. The zero-order valence-electron chi connectivity index (χ0n) is 11.1. The molecule has 104 valence electrons. The van der Waals surface area contributed by atoms with Crippen molar-refractivity contribution in [3.8, 4) is 0 Å². The van der Waals surface area contributed by atoms with Crippen molar-refractivity contribution in [3.63, 3.8) is 0 Å². The third kappa shape index (κ3) is 3.06. The van der Waals surface area contributed by atoms with Crippen LogP contribution in [-0.2, 0) is 6.54 Å². The Morgan fingerprint density at radius 3 is 2.45 bits per heavy atom. The molecule has 0 aliphatic carbocycles. The van der Waals surface area contributed by atoms with Crippen LogP contribution in [0.15, 0.2) is 42.5 Å². The summed E-state index contributed by atoms with van der Waals surface area (Å²) in [7, 11) is 1.82. The summed E-state index contributed by atoms with van der Waals surface area (Å²) in [6.07, 6.45) is 0. The lowest BCUT2D eigenvalue weighted by atomic mass is 10.1. The first-order chi connectivity index (χ1) is 9.47. The number of amides is 1. The molecule has 0 unspecified atom stereocenters. The average Bonchev–Trinajstić information content (AvgIpc) is 2.41. The van der Waals surface area contributed by atoms with E-state index in [1.165, 1.54) is 6.07 Å². The van der Waals surface area contributed by atoms with Gasteiger partial charge >= 0.3 is 0 Å².